The number of carbonyl (C=O) groups is 1. The summed E-state index contributed by atoms with van der Waals surface area (Å²) >= 11 is 0. The van der Waals surface area contributed by atoms with Crippen LogP contribution in [0.3, 0.4) is 0 Å². The normalized spacial score (nSPS) is 20.5. The Kier molecular flexibility index (Phi) is 9.03. The van der Waals surface area contributed by atoms with Crippen LogP contribution in [0.2, 0.25) is 19.6 Å². The summed E-state index contributed by atoms with van der Waals surface area (Å²) in [7, 11) is -1.61. The minimum Gasteiger partial charge on any atom is -0.496 e. The lowest BCUT2D eigenvalue weighted by molar-refractivity contribution is -0.264. The van der Waals surface area contributed by atoms with Crippen LogP contribution in [-0.2, 0) is 19.4 Å². The molecule has 2 aromatic carbocycles. The van der Waals surface area contributed by atoms with Crippen LogP contribution in [0.4, 0.5) is 17.6 Å². The number of carbonyl (C=O) groups excluding carboxylic acids is 1. The van der Waals surface area contributed by atoms with E-state index in [2.05, 4.69) is 0 Å². The first-order valence-corrected chi connectivity index (χ1v) is 16.4. The molecule has 0 spiro atoms. The van der Waals surface area contributed by atoms with Gasteiger partial charge in [-0.2, -0.15) is 13.2 Å². The zero-order chi connectivity index (χ0) is 28.4. The van der Waals surface area contributed by atoms with Crippen molar-refractivity contribution in [2.75, 3.05) is 7.11 Å². The lowest BCUT2D eigenvalue weighted by atomic mass is 9.74. The fraction of sp³-hybridized carbons (Fsp3) is 0.552. The van der Waals surface area contributed by atoms with Crippen LogP contribution in [0.25, 0.3) is 0 Å². The van der Waals surface area contributed by atoms with Crippen molar-refractivity contribution in [1.29, 1.82) is 0 Å². The van der Waals surface area contributed by atoms with E-state index < -0.39 is 49.8 Å². The van der Waals surface area contributed by atoms with Crippen LogP contribution in [0.1, 0.15) is 63.0 Å². The minimum absolute atomic E-state index is 0.206. The third-order valence-electron chi connectivity index (χ3n) is 7.04. The zero-order valence-electron chi connectivity index (χ0n) is 23.0. The highest BCUT2D eigenvalue weighted by molar-refractivity contribution is 6.70. The van der Waals surface area contributed by atoms with E-state index >= 15 is 13.2 Å². The van der Waals surface area contributed by atoms with Crippen LogP contribution >= 0.6 is 0 Å². The van der Waals surface area contributed by atoms with Crippen LogP contribution in [0.5, 0.6) is 5.75 Å². The van der Waals surface area contributed by atoms with Gasteiger partial charge in [-0.25, -0.2) is 9.18 Å². The van der Waals surface area contributed by atoms with E-state index in [1.165, 1.54) is 33.1 Å². The molecule has 210 valence electrons. The molecule has 0 radical (unpaired) electrons. The molecule has 0 bridgehead atoms. The van der Waals surface area contributed by atoms with E-state index in [4.69, 9.17) is 13.9 Å². The third-order valence-corrected chi connectivity index (χ3v) is 8.00. The summed E-state index contributed by atoms with van der Waals surface area (Å²) in [5.41, 5.74) is -3.47. The second-order valence-corrected chi connectivity index (χ2v) is 16.1. The fourth-order valence-electron chi connectivity index (χ4n) is 5.43. The van der Waals surface area contributed by atoms with Gasteiger partial charge in [0.25, 0.3) is 5.60 Å². The molecule has 0 heterocycles. The van der Waals surface area contributed by atoms with Gasteiger partial charge in [-0.1, -0.05) is 50.6 Å². The second-order valence-electron chi connectivity index (χ2n) is 11.7. The number of benzene rings is 2. The smallest absolute Gasteiger partial charge is 0.427 e. The van der Waals surface area contributed by atoms with Gasteiger partial charge in [0.2, 0.25) is 0 Å². The molecule has 4 nitrogen and oxygen atoms in total. The van der Waals surface area contributed by atoms with Crippen molar-refractivity contribution in [3.05, 3.63) is 65.5 Å². The van der Waals surface area contributed by atoms with Crippen molar-refractivity contribution in [1.82, 2.24) is 0 Å². The molecular formula is C29H38F4O4Si. The maximum atomic E-state index is 15.1. The maximum absolute atomic E-state index is 15.1. The average Bonchev–Trinajstić information content (AvgIpc) is 2.82. The largest absolute Gasteiger partial charge is 0.496 e. The molecule has 0 saturated heterocycles. The highest BCUT2D eigenvalue weighted by Gasteiger charge is 2.66. The highest BCUT2D eigenvalue weighted by atomic mass is 28.4. The van der Waals surface area contributed by atoms with Crippen LogP contribution in [0.15, 0.2) is 48.5 Å². The van der Waals surface area contributed by atoms with E-state index in [0.29, 0.717) is 12.8 Å². The van der Waals surface area contributed by atoms with Crippen molar-refractivity contribution in [3.8, 4) is 5.75 Å². The molecular weight excluding hydrogens is 516 g/mol. The predicted molar refractivity (Wildman–Crippen MR) is 141 cm³/mol. The van der Waals surface area contributed by atoms with Gasteiger partial charge in [0.1, 0.15) is 17.7 Å². The molecule has 0 unspecified atom stereocenters. The molecule has 3 rings (SSSR count). The van der Waals surface area contributed by atoms with E-state index in [1.54, 1.807) is 19.6 Å². The fourth-order valence-corrected chi connectivity index (χ4v) is 6.74. The van der Waals surface area contributed by atoms with Crippen molar-refractivity contribution in [3.63, 3.8) is 0 Å². The lowest BCUT2D eigenvalue weighted by Crippen LogP contribution is -2.62. The molecule has 1 saturated carbocycles. The summed E-state index contributed by atoms with van der Waals surface area (Å²) in [4.78, 5) is 13.8. The molecule has 0 aromatic heterocycles. The summed E-state index contributed by atoms with van der Waals surface area (Å²) in [6.07, 6.45) is -3.77. The summed E-state index contributed by atoms with van der Waals surface area (Å²) in [5.74, 6) is -2.04. The Morgan fingerprint density at radius 3 is 2.21 bits per heavy atom. The maximum Gasteiger partial charge on any atom is 0.427 e. The Hall–Kier alpha value is -2.39. The monoisotopic (exact) mass is 554 g/mol. The molecule has 9 heteroatoms. The van der Waals surface area contributed by atoms with Crippen LogP contribution < -0.4 is 4.74 Å². The Morgan fingerprint density at radius 1 is 1.00 bits per heavy atom. The van der Waals surface area contributed by atoms with Gasteiger partial charge in [-0.05, 0) is 68.1 Å². The third kappa shape index (κ3) is 6.78. The van der Waals surface area contributed by atoms with Gasteiger partial charge in [0.15, 0.2) is 8.32 Å². The molecule has 2 aromatic rings. The SMILES string of the molecule is COc1ccc(F)cc1C(C)(C)C[C@@](O[Si](C)(C)C)(C(=O)O[C@@H]1CCCC[C@H]1c1ccccc1)C(F)(F)F. The Bertz CT molecular complexity index is 1100. The number of ether oxygens (including phenoxy) is 2. The number of rotatable bonds is 9. The van der Waals surface area contributed by atoms with Gasteiger partial charge < -0.3 is 13.9 Å². The zero-order valence-corrected chi connectivity index (χ0v) is 24.0. The quantitative estimate of drug-likeness (QED) is 0.179. The minimum atomic E-state index is -5.08. The van der Waals surface area contributed by atoms with Gasteiger partial charge in [0, 0.05) is 17.9 Å². The van der Waals surface area contributed by atoms with E-state index in [1.807, 2.05) is 30.3 Å². The molecule has 0 amide bonds. The number of hydrogen-bond donors (Lipinski definition) is 0. The number of halogens is 4. The molecule has 1 fully saturated rings. The van der Waals surface area contributed by atoms with Crippen molar-refractivity contribution < 1.29 is 36.3 Å². The number of esters is 1. The van der Waals surface area contributed by atoms with Crippen molar-refractivity contribution >= 4 is 14.3 Å². The first kappa shape index (κ1) is 30.2. The standard InChI is InChI=1S/C29H38F4O4Si/c1-27(2,23-18-21(30)16-17-25(23)35-3)19-28(29(31,32)33,37-38(4,5)6)26(34)36-24-15-11-10-14-22(24)20-12-8-7-9-13-20/h7-9,12-13,16-18,22,24H,10-11,14-15,19H2,1-6H3/t22-,24+,28+/m0/s1. The molecule has 1 aliphatic carbocycles. The van der Waals surface area contributed by atoms with Crippen LogP contribution in [-0.4, -0.2) is 39.3 Å². The Balaban J connectivity index is 2.07. The molecule has 38 heavy (non-hydrogen) atoms. The van der Waals surface area contributed by atoms with E-state index in [-0.39, 0.29) is 17.2 Å². The number of methoxy groups -OCH3 is 1. The summed E-state index contributed by atoms with van der Waals surface area (Å²) in [5, 5.41) is 0. The summed E-state index contributed by atoms with van der Waals surface area (Å²) in [6.45, 7) is 7.86. The van der Waals surface area contributed by atoms with Gasteiger partial charge in [-0.15, -0.1) is 0 Å². The Labute approximate surface area is 223 Å². The van der Waals surface area contributed by atoms with Crippen molar-refractivity contribution in [2.45, 2.75) is 94.8 Å². The molecule has 0 aliphatic heterocycles. The number of hydrogen-bond acceptors (Lipinski definition) is 4. The Morgan fingerprint density at radius 2 is 1.63 bits per heavy atom. The first-order valence-electron chi connectivity index (χ1n) is 13.0. The van der Waals surface area contributed by atoms with E-state index in [0.717, 1.165) is 24.5 Å². The first-order chi connectivity index (χ1) is 17.6. The highest BCUT2D eigenvalue weighted by Crippen LogP contribution is 2.48. The van der Waals surface area contributed by atoms with Gasteiger partial charge in [-0.3, -0.25) is 0 Å². The van der Waals surface area contributed by atoms with Gasteiger partial charge >= 0.3 is 12.1 Å². The van der Waals surface area contributed by atoms with Crippen LogP contribution in [0, 0.1) is 5.82 Å². The van der Waals surface area contributed by atoms with E-state index in [9.17, 15) is 9.18 Å². The van der Waals surface area contributed by atoms with Crippen molar-refractivity contribution in [2.24, 2.45) is 0 Å². The van der Waals surface area contributed by atoms with Gasteiger partial charge in [0.05, 0.1) is 7.11 Å². The molecule has 0 N–H and O–H groups in total. The molecule has 3 atom stereocenters. The second kappa shape index (κ2) is 11.4. The number of alkyl halides is 3. The lowest BCUT2D eigenvalue weighted by Gasteiger charge is -2.44. The predicted octanol–water partition coefficient (Wildman–Crippen LogP) is 7.92. The summed E-state index contributed by atoms with van der Waals surface area (Å²) in [6, 6.07) is 13.1. The topological polar surface area (TPSA) is 44.8 Å². The summed E-state index contributed by atoms with van der Waals surface area (Å²) < 4.78 is 76.5. The molecule has 1 aliphatic rings. The average molecular weight is 555 g/mol.